The summed E-state index contributed by atoms with van der Waals surface area (Å²) < 4.78 is 5.58. The van der Waals surface area contributed by atoms with Gasteiger partial charge >= 0.3 is 0 Å². The minimum atomic E-state index is 0.341. The van der Waals surface area contributed by atoms with Crippen LogP contribution in [0.4, 0.5) is 0 Å². The Kier molecular flexibility index (Phi) is 5.08. The van der Waals surface area contributed by atoms with Crippen molar-refractivity contribution in [3.63, 3.8) is 0 Å². The van der Waals surface area contributed by atoms with Gasteiger partial charge in [-0.25, -0.2) is 0 Å². The molecule has 0 unspecified atom stereocenters. The minimum Gasteiger partial charge on any atom is -0.381 e. The van der Waals surface area contributed by atoms with Gasteiger partial charge in [-0.3, -0.25) is 4.90 Å². The highest BCUT2D eigenvalue weighted by molar-refractivity contribution is 7.09. The van der Waals surface area contributed by atoms with Crippen LogP contribution < -0.4 is 0 Å². The lowest BCUT2D eigenvalue weighted by atomic mass is 9.68. The van der Waals surface area contributed by atoms with Crippen molar-refractivity contribution in [3.05, 3.63) is 57.8 Å². The van der Waals surface area contributed by atoms with Gasteiger partial charge in [0.1, 0.15) is 0 Å². The van der Waals surface area contributed by atoms with Gasteiger partial charge in [-0.05, 0) is 61.3 Å². The van der Waals surface area contributed by atoms with Crippen molar-refractivity contribution in [1.82, 2.24) is 9.80 Å². The van der Waals surface area contributed by atoms with Crippen molar-refractivity contribution < 1.29 is 4.74 Å². The highest BCUT2D eigenvalue weighted by Gasteiger charge is 2.42. The smallest absolute Gasteiger partial charge is 0.0480 e. The molecule has 5 rings (SSSR count). The van der Waals surface area contributed by atoms with Crippen LogP contribution in [0.25, 0.3) is 0 Å². The molecule has 0 atom stereocenters. The third kappa shape index (κ3) is 3.61. The van der Waals surface area contributed by atoms with E-state index in [-0.39, 0.29) is 0 Å². The number of nitrogens with zero attached hydrogens (tertiary/aromatic N) is 2. The zero-order valence-electron chi connectivity index (χ0n) is 16.1. The molecular formula is C23H30N2OS. The molecule has 2 fully saturated rings. The summed E-state index contributed by atoms with van der Waals surface area (Å²) in [5.74, 6) is 0. The first-order chi connectivity index (χ1) is 13.3. The molecule has 4 heteroatoms. The molecular weight excluding hydrogens is 352 g/mol. The average molecular weight is 383 g/mol. The molecule has 1 aromatic heterocycles. The number of hydrogen-bond acceptors (Lipinski definition) is 4. The Morgan fingerprint density at radius 3 is 2.63 bits per heavy atom. The summed E-state index contributed by atoms with van der Waals surface area (Å²) in [4.78, 5) is 6.94. The maximum atomic E-state index is 5.58. The fourth-order valence-electron chi connectivity index (χ4n) is 5.52. The van der Waals surface area contributed by atoms with Gasteiger partial charge in [0.2, 0.25) is 0 Å². The second-order valence-corrected chi connectivity index (χ2v) is 9.57. The Bertz CT molecular complexity index is 745. The van der Waals surface area contributed by atoms with Crippen molar-refractivity contribution in [1.29, 1.82) is 0 Å². The number of rotatable bonds is 3. The van der Waals surface area contributed by atoms with E-state index in [0.29, 0.717) is 5.41 Å². The van der Waals surface area contributed by atoms with Gasteiger partial charge in [0, 0.05) is 49.2 Å². The summed E-state index contributed by atoms with van der Waals surface area (Å²) in [6.45, 7) is 7.78. The Balaban J connectivity index is 1.35. The normalized spacial score (nSPS) is 24.1. The number of fused-ring (bicyclic) bond motifs is 2. The number of likely N-dealkylation sites (tertiary alicyclic amines) is 1. The van der Waals surface area contributed by atoms with Crippen molar-refractivity contribution in [3.8, 4) is 0 Å². The fourth-order valence-corrected chi connectivity index (χ4v) is 6.26. The zero-order chi connectivity index (χ0) is 18.1. The summed E-state index contributed by atoms with van der Waals surface area (Å²) >= 11 is 1.89. The number of ether oxygens (including phenoxy) is 1. The third-order valence-electron chi connectivity index (χ3n) is 6.93. The van der Waals surface area contributed by atoms with Crippen molar-refractivity contribution in [2.24, 2.45) is 0 Å². The lowest BCUT2D eigenvalue weighted by Gasteiger charge is -2.50. The molecule has 0 radical (unpaired) electrons. The van der Waals surface area contributed by atoms with E-state index in [4.69, 9.17) is 4.74 Å². The van der Waals surface area contributed by atoms with E-state index >= 15 is 0 Å². The molecule has 3 nitrogen and oxygen atoms in total. The molecule has 0 aliphatic carbocycles. The maximum absolute atomic E-state index is 5.58. The SMILES string of the molecule is c1csc(CN2Cc3ccccc3C3(CCN(C4CCOCC4)CC3)C2)c1. The molecule has 0 bridgehead atoms. The second kappa shape index (κ2) is 7.67. The molecule has 27 heavy (non-hydrogen) atoms. The van der Waals surface area contributed by atoms with Crippen LogP contribution in [-0.4, -0.2) is 48.7 Å². The minimum absolute atomic E-state index is 0.341. The van der Waals surface area contributed by atoms with E-state index in [2.05, 4.69) is 51.6 Å². The van der Waals surface area contributed by atoms with Gasteiger partial charge in [-0.1, -0.05) is 30.3 Å². The highest BCUT2D eigenvalue weighted by Crippen LogP contribution is 2.43. The number of thiophene rings is 1. The van der Waals surface area contributed by atoms with Crippen LogP contribution in [0.2, 0.25) is 0 Å². The van der Waals surface area contributed by atoms with Gasteiger partial charge in [0.25, 0.3) is 0 Å². The monoisotopic (exact) mass is 382 g/mol. The van der Waals surface area contributed by atoms with Crippen LogP contribution in [-0.2, 0) is 23.2 Å². The van der Waals surface area contributed by atoms with Gasteiger partial charge in [0.05, 0.1) is 0 Å². The van der Waals surface area contributed by atoms with E-state index in [1.807, 2.05) is 11.3 Å². The summed E-state index contributed by atoms with van der Waals surface area (Å²) in [7, 11) is 0. The highest BCUT2D eigenvalue weighted by atomic mass is 32.1. The first kappa shape index (κ1) is 17.9. The van der Waals surface area contributed by atoms with E-state index < -0.39 is 0 Å². The van der Waals surface area contributed by atoms with Crippen LogP contribution in [0.3, 0.4) is 0 Å². The van der Waals surface area contributed by atoms with Gasteiger partial charge in [-0.2, -0.15) is 0 Å². The molecule has 2 saturated heterocycles. The van der Waals surface area contributed by atoms with Crippen LogP contribution in [0.15, 0.2) is 41.8 Å². The Labute approximate surface area is 166 Å². The molecule has 1 spiro atoms. The molecule has 0 saturated carbocycles. The third-order valence-corrected chi connectivity index (χ3v) is 7.79. The van der Waals surface area contributed by atoms with Crippen LogP contribution >= 0.6 is 11.3 Å². The van der Waals surface area contributed by atoms with Crippen LogP contribution in [0.1, 0.15) is 41.7 Å². The van der Waals surface area contributed by atoms with E-state index in [1.165, 1.54) is 50.2 Å². The van der Waals surface area contributed by atoms with Gasteiger partial charge in [0.15, 0.2) is 0 Å². The van der Waals surface area contributed by atoms with E-state index in [9.17, 15) is 0 Å². The molecule has 4 heterocycles. The average Bonchev–Trinajstić information content (AvgIpc) is 3.22. The number of benzene rings is 1. The predicted octanol–water partition coefficient (Wildman–Crippen LogP) is 4.28. The Hall–Kier alpha value is -1.20. The molecule has 0 N–H and O–H groups in total. The molecule has 3 aliphatic heterocycles. The molecule has 1 aromatic carbocycles. The summed E-state index contributed by atoms with van der Waals surface area (Å²) in [6.07, 6.45) is 5.02. The standard InChI is InChI=1S/C23H30N2OS/c1-2-6-22-19(4-1)16-24(17-21-5-3-15-27-21)18-23(22)9-11-25(12-10-23)20-7-13-26-14-8-20/h1-6,15,20H,7-14,16-18H2. The quantitative estimate of drug-likeness (QED) is 0.788. The fraction of sp³-hybridized carbons (Fsp3) is 0.565. The van der Waals surface area contributed by atoms with Gasteiger partial charge < -0.3 is 9.64 Å². The summed E-state index contributed by atoms with van der Waals surface area (Å²) in [6, 6.07) is 14.5. The first-order valence-electron chi connectivity index (χ1n) is 10.5. The Morgan fingerprint density at radius 1 is 1.04 bits per heavy atom. The largest absolute Gasteiger partial charge is 0.381 e. The molecule has 3 aliphatic rings. The second-order valence-electron chi connectivity index (χ2n) is 8.54. The van der Waals surface area contributed by atoms with E-state index in [1.54, 1.807) is 11.1 Å². The lowest BCUT2D eigenvalue weighted by molar-refractivity contribution is 0.00966. The van der Waals surface area contributed by atoms with Crippen molar-refractivity contribution in [2.75, 3.05) is 32.8 Å². The summed E-state index contributed by atoms with van der Waals surface area (Å²) in [5, 5.41) is 2.20. The Morgan fingerprint density at radius 2 is 1.85 bits per heavy atom. The van der Waals surface area contributed by atoms with Crippen molar-refractivity contribution >= 4 is 11.3 Å². The topological polar surface area (TPSA) is 15.7 Å². The van der Waals surface area contributed by atoms with E-state index in [0.717, 1.165) is 32.3 Å². The lowest BCUT2D eigenvalue weighted by Crippen LogP contribution is -2.54. The van der Waals surface area contributed by atoms with Crippen molar-refractivity contribution in [2.45, 2.75) is 50.2 Å². The molecule has 2 aromatic rings. The first-order valence-corrected chi connectivity index (χ1v) is 11.4. The molecule has 0 amide bonds. The summed E-state index contributed by atoms with van der Waals surface area (Å²) in [5.41, 5.74) is 3.53. The van der Waals surface area contributed by atoms with Gasteiger partial charge in [-0.15, -0.1) is 11.3 Å². The zero-order valence-corrected chi connectivity index (χ0v) is 16.9. The van der Waals surface area contributed by atoms with Crippen LogP contribution in [0, 0.1) is 0 Å². The number of piperidine rings is 1. The predicted molar refractivity (Wildman–Crippen MR) is 111 cm³/mol. The van der Waals surface area contributed by atoms with Crippen LogP contribution in [0.5, 0.6) is 0 Å². The number of hydrogen-bond donors (Lipinski definition) is 0. The maximum Gasteiger partial charge on any atom is 0.0480 e. The molecule has 144 valence electrons.